The van der Waals surface area contributed by atoms with Crippen molar-refractivity contribution in [3.05, 3.63) is 53.5 Å². The van der Waals surface area contributed by atoms with Gasteiger partial charge in [-0.1, -0.05) is 38.1 Å². The molecule has 1 aromatic carbocycles. The summed E-state index contributed by atoms with van der Waals surface area (Å²) >= 11 is 0. The maximum Gasteiger partial charge on any atom is 0.145 e. The molecule has 2 aromatic rings. The van der Waals surface area contributed by atoms with Crippen LogP contribution in [0.1, 0.15) is 36.6 Å². The number of nitriles is 1. The summed E-state index contributed by atoms with van der Waals surface area (Å²) in [4.78, 5) is 7.91. The molecule has 0 aliphatic carbocycles. The quantitative estimate of drug-likeness (QED) is 0.908. The first kappa shape index (κ1) is 13.0. The third kappa shape index (κ3) is 3.52. The van der Waals surface area contributed by atoms with Crippen molar-refractivity contribution >= 4 is 5.82 Å². The highest BCUT2D eigenvalue weighted by molar-refractivity contribution is 5.39. The van der Waals surface area contributed by atoms with Crippen LogP contribution in [0.3, 0.4) is 0 Å². The Kier molecular flexibility index (Phi) is 4.09. The van der Waals surface area contributed by atoms with E-state index in [1.165, 1.54) is 17.5 Å². The van der Waals surface area contributed by atoms with Crippen LogP contribution in [0.5, 0.6) is 0 Å². The van der Waals surface area contributed by atoms with Crippen LogP contribution in [0, 0.1) is 11.3 Å². The topological polar surface area (TPSA) is 61.6 Å². The van der Waals surface area contributed by atoms with Crippen molar-refractivity contribution in [3.8, 4) is 6.07 Å². The number of anilines is 1. The fourth-order valence-electron chi connectivity index (χ4n) is 1.73. The lowest BCUT2D eigenvalue weighted by molar-refractivity contribution is 0.865. The minimum atomic E-state index is 0.368. The Morgan fingerprint density at radius 2 is 1.95 bits per heavy atom. The number of nitrogens with one attached hydrogen (secondary N) is 1. The van der Waals surface area contributed by atoms with Crippen molar-refractivity contribution in [2.45, 2.75) is 26.3 Å². The van der Waals surface area contributed by atoms with Gasteiger partial charge in [-0.15, -0.1) is 0 Å². The van der Waals surface area contributed by atoms with Crippen LogP contribution in [0.25, 0.3) is 0 Å². The molecule has 0 fully saturated rings. The van der Waals surface area contributed by atoms with Gasteiger partial charge in [-0.05, 0) is 17.0 Å². The average molecular weight is 252 g/mol. The number of rotatable bonds is 4. The number of aromatic nitrogens is 2. The predicted molar refractivity (Wildman–Crippen MR) is 74.6 cm³/mol. The first-order valence-electron chi connectivity index (χ1n) is 6.24. The van der Waals surface area contributed by atoms with Gasteiger partial charge in [0.2, 0.25) is 0 Å². The summed E-state index contributed by atoms with van der Waals surface area (Å²) in [6.45, 7) is 5.04. The highest BCUT2D eigenvalue weighted by Crippen LogP contribution is 2.15. The fourth-order valence-corrected chi connectivity index (χ4v) is 1.73. The van der Waals surface area contributed by atoms with E-state index in [1.807, 2.05) is 6.07 Å². The Morgan fingerprint density at radius 1 is 1.21 bits per heavy atom. The highest BCUT2D eigenvalue weighted by Gasteiger charge is 2.00. The molecule has 0 saturated carbocycles. The molecular formula is C15H16N4. The van der Waals surface area contributed by atoms with Crippen molar-refractivity contribution < 1.29 is 0 Å². The predicted octanol–water partition coefficient (Wildman–Crippen LogP) is 3.08. The first-order chi connectivity index (χ1) is 9.19. The van der Waals surface area contributed by atoms with Crippen molar-refractivity contribution in [3.63, 3.8) is 0 Å². The average Bonchev–Trinajstić information content (AvgIpc) is 2.46. The normalized spacial score (nSPS) is 10.2. The lowest BCUT2D eigenvalue weighted by Gasteiger charge is -2.08. The Bertz CT molecular complexity index is 582. The van der Waals surface area contributed by atoms with Gasteiger partial charge >= 0.3 is 0 Å². The van der Waals surface area contributed by atoms with E-state index in [0.717, 1.165) is 0 Å². The van der Waals surface area contributed by atoms with E-state index in [2.05, 4.69) is 53.4 Å². The van der Waals surface area contributed by atoms with Crippen LogP contribution in [-0.4, -0.2) is 9.97 Å². The largest absolute Gasteiger partial charge is 0.366 e. The number of benzene rings is 1. The Morgan fingerprint density at radius 3 is 2.58 bits per heavy atom. The van der Waals surface area contributed by atoms with Crippen LogP contribution < -0.4 is 5.32 Å². The molecule has 0 saturated heterocycles. The van der Waals surface area contributed by atoms with Crippen molar-refractivity contribution in [2.75, 3.05) is 5.32 Å². The van der Waals surface area contributed by atoms with E-state index >= 15 is 0 Å². The second-order valence-electron chi connectivity index (χ2n) is 4.65. The van der Waals surface area contributed by atoms with Crippen LogP contribution >= 0.6 is 0 Å². The lowest BCUT2D eigenvalue weighted by atomic mass is 10.0. The standard InChI is InChI=1S/C15H16N4/c1-11(2)13-5-3-12(4-6-13)9-17-15-7-14(8-16)18-10-19-15/h3-7,10-11H,9H2,1-2H3,(H,17,18,19). The van der Waals surface area contributed by atoms with E-state index in [4.69, 9.17) is 5.26 Å². The smallest absolute Gasteiger partial charge is 0.145 e. The summed E-state index contributed by atoms with van der Waals surface area (Å²) < 4.78 is 0. The van der Waals surface area contributed by atoms with Crippen molar-refractivity contribution in [2.24, 2.45) is 0 Å². The molecular weight excluding hydrogens is 236 g/mol. The van der Waals surface area contributed by atoms with Gasteiger partial charge in [0.05, 0.1) is 0 Å². The molecule has 96 valence electrons. The van der Waals surface area contributed by atoms with Gasteiger partial charge in [0.1, 0.15) is 23.9 Å². The fraction of sp³-hybridized carbons (Fsp3) is 0.267. The van der Waals surface area contributed by atoms with Gasteiger partial charge in [-0.25, -0.2) is 9.97 Å². The molecule has 0 bridgehead atoms. The molecule has 2 rings (SSSR count). The van der Waals surface area contributed by atoms with Crippen LogP contribution in [0.4, 0.5) is 5.82 Å². The summed E-state index contributed by atoms with van der Waals surface area (Å²) in [5, 5.41) is 11.9. The highest BCUT2D eigenvalue weighted by atomic mass is 15.0. The molecule has 1 N–H and O–H groups in total. The molecule has 0 spiro atoms. The third-order valence-corrected chi connectivity index (χ3v) is 2.90. The van der Waals surface area contributed by atoms with Gasteiger partial charge in [0.25, 0.3) is 0 Å². The SMILES string of the molecule is CC(C)c1ccc(CNc2cc(C#N)ncn2)cc1. The lowest BCUT2D eigenvalue weighted by Crippen LogP contribution is -2.02. The Hall–Kier alpha value is -2.41. The molecule has 0 atom stereocenters. The summed E-state index contributed by atoms with van der Waals surface area (Å²) in [7, 11) is 0. The second-order valence-corrected chi connectivity index (χ2v) is 4.65. The minimum absolute atomic E-state index is 0.368. The number of hydrogen-bond acceptors (Lipinski definition) is 4. The van der Waals surface area contributed by atoms with Crippen molar-refractivity contribution in [1.82, 2.24) is 9.97 Å². The van der Waals surface area contributed by atoms with Crippen LogP contribution in [0.2, 0.25) is 0 Å². The molecule has 0 aliphatic heterocycles. The zero-order valence-corrected chi connectivity index (χ0v) is 11.1. The zero-order valence-electron chi connectivity index (χ0n) is 11.1. The molecule has 4 nitrogen and oxygen atoms in total. The molecule has 1 heterocycles. The molecule has 4 heteroatoms. The Labute approximate surface area is 113 Å². The van der Waals surface area contributed by atoms with Gasteiger partial charge in [0, 0.05) is 12.6 Å². The summed E-state index contributed by atoms with van der Waals surface area (Å²) in [6.07, 6.45) is 1.39. The molecule has 0 aliphatic rings. The summed E-state index contributed by atoms with van der Waals surface area (Å²) in [5.41, 5.74) is 2.88. The monoisotopic (exact) mass is 252 g/mol. The molecule has 0 unspecified atom stereocenters. The minimum Gasteiger partial charge on any atom is -0.366 e. The first-order valence-corrected chi connectivity index (χ1v) is 6.24. The maximum atomic E-state index is 8.76. The third-order valence-electron chi connectivity index (χ3n) is 2.90. The zero-order chi connectivity index (χ0) is 13.7. The van der Waals surface area contributed by atoms with Gasteiger partial charge < -0.3 is 5.32 Å². The van der Waals surface area contributed by atoms with Crippen LogP contribution in [0.15, 0.2) is 36.7 Å². The van der Waals surface area contributed by atoms with E-state index < -0.39 is 0 Å². The molecule has 1 aromatic heterocycles. The van der Waals surface area contributed by atoms with Gasteiger partial charge in [-0.2, -0.15) is 5.26 Å². The molecule has 19 heavy (non-hydrogen) atoms. The molecule has 0 radical (unpaired) electrons. The van der Waals surface area contributed by atoms with E-state index in [0.29, 0.717) is 24.0 Å². The van der Waals surface area contributed by atoms with Crippen molar-refractivity contribution in [1.29, 1.82) is 5.26 Å². The maximum absolute atomic E-state index is 8.76. The van der Waals surface area contributed by atoms with Gasteiger partial charge in [-0.3, -0.25) is 0 Å². The molecule has 0 amide bonds. The van der Waals surface area contributed by atoms with Crippen LogP contribution in [-0.2, 0) is 6.54 Å². The summed E-state index contributed by atoms with van der Waals surface area (Å²) in [5.74, 6) is 1.21. The number of hydrogen-bond donors (Lipinski definition) is 1. The van der Waals surface area contributed by atoms with E-state index in [-0.39, 0.29) is 0 Å². The van der Waals surface area contributed by atoms with E-state index in [9.17, 15) is 0 Å². The van der Waals surface area contributed by atoms with E-state index in [1.54, 1.807) is 6.07 Å². The number of nitrogens with zero attached hydrogens (tertiary/aromatic N) is 3. The Balaban J connectivity index is 2.00. The second kappa shape index (κ2) is 5.96. The van der Waals surface area contributed by atoms with Gasteiger partial charge in [0.15, 0.2) is 0 Å². The summed E-state index contributed by atoms with van der Waals surface area (Å²) in [6, 6.07) is 12.1.